The van der Waals surface area contributed by atoms with Gasteiger partial charge in [-0.25, -0.2) is 0 Å². The van der Waals surface area contributed by atoms with Gasteiger partial charge in [0.15, 0.2) is 5.69 Å². The minimum absolute atomic E-state index is 0.0942. The molecule has 1 aromatic rings. The fourth-order valence-corrected chi connectivity index (χ4v) is 1.46. The van der Waals surface area contributed by atoms with E-state index in [1.807, 2.05) is 0 Å². The first-order chi connectivity index (χ1) is 6.73. The zero-order valence-corrected chi connectivity index (χ0v) is 8.89. The van der Waals surface area contributed by atoms with Crippen molar-refractivity contribution in [3.8, 4) is 0 Å². The normalized spacial score (nSPS) is 14.3. The molecule has 1 atom stereocenters. The van der Waals surface area contributed by atoms with Crippen LogP contribution in [0.2, 0.25) is 5.15 Å². The van der Waals surface area contributed by atoms with Crippen molar-refractivity contribution < 1.29 is 18.3 Å². The van der Waals surface area contributed by atoms with E-state index in [0.29, 0.717) is 0 Å². The van der Waals surface area contributed by atoms with Crippen LogP contribution >= 0.6 is 11.6 Å². The SMILES string of the molecule is C[C@@H](O)Cc1c(C(F)(F)F)nn(C)c1Cl. The largest absolute Gasteiger partial charge is 0.435 e. The average molecular weight is 243 g/mol. The lowest BCUT2D eigenvalue weighted by atomic mass is 10.1. The van der Waals surface area contributed by atoms with Gasteiger partial charge < -0.3 is 5.11 Å². The standard InChI is InChI=1S/C8H10ClF3N2O/c1-4(15)3-5-6(8(10,11)12)13-14(2)7(5)9/h4,15H,3H2,1-2H3/t4-/m1/s1. The van der Waals surface area contributed by atoms with Crippen molar-refractivity contribution in [1.29, 1.82) is 0 Å². The van der Waals surface area contributed by atoms with E-state index in [2.05, 4.69) is 5.10 Å². The van der Waals surface area contributed by atoms with Crippen molar-refractivity contribution in [3.05, 3.63) is 16.4 Å². The Morgan fingerprint density at radius 2 is 2.07 bits per heavy atom. The molecule has 15 heavy (non-hydrogen) atoms. The summed E-state index contributed by atoms with van der Waals surface area (Å²) < 4.78 is 38.4. The first-order valence-electron chi connectivity index (χ1n) is 4.20. The quantitative estimate of drug-likeness (QED) is 0.862. The molecule has 3 nitrogen and oxygen atoms in total. The highest BCUT2D eigenvalue weighted by atomic mass is 35.5. The summed E-state index contributed by atoms with van der Waals surface area (Å²) in [4.78, 5) is 0. The molecule has 0 saturated carbocycles. The van der Waals surface area contributed by atoms with E-state index < -0.39 is 18.0 Å². The molecule has 1 N–H and O–H groups in total. The smallest absolute Gasteiger partial charge is 0.393 e. The molecular weight excluding hydrogens is 233 g/mol. The summed E-state index contributed by atoms with van der Waals surface area (Å²) in [5, 5.41) is 12.3. The molecule has 0 unspecified atom stereocenters. The second-order valence-electron chi connectivity index (χ2n) is 3.29. The molecule has 86 valence electrons. The van der Waals surface area contributed by atoms with Crippen molar-refractivity contribution in [2.24, 2.45) is 7.05 Å². The Bertz CT molecular complexity index is 360. The van der Waals surface area contributed by atoms with Gasteiger partial charge in [0.1, 0.15) is 5.15 Å². The minimum Gasteiger partial charge on any atom is -0.393 e. The van der Waals surface area contributed by atoms with Crippen molar-refractivity contribution in [2.75, 3.05) is 0 Å². The third-order valence-electron chi connectivity index (χ3n) is 1.84. The average Bonchev–Trinajstić information content (AvgIpc) is 2.30. The van der Waals surface area contributed by atoms with Crippen LogP contribution < -0.4 is 0 Å². The Balaban J connectivity index is 3.21. The van der Waals surface area contributed by atoms with Crippen LogP contribution in [0.4, 0.5) is 13.2 Å². The number of aliphatic hydroxyl groups excluding tert-OH is 1. The number of halogens is 4. The van der Waals surface area contributed by atoms with Crippen LogP contribution in [0.15, 0.2) is 0 Å². The molecule has 1 heterocycles. The molecule has 0 aromatic carbocycles. The van der Waals surface area contributed by atoms with E-state index in [1.165, 1.54) is 14.0 Å². The maximum atomic E-state index is 12.5. The summed E-state index contributed by atoms with van der Waals surface area (Å²) in [6, 6.07) is 0. The Hall–Kier alpha value is -0.750. The summed E-state index contributed by atoms with van der Waals surface area (Å²) in [5.74, 6) is 0. The van der Waals surface area contributed by atoms with E-state index in [0.717, 1.165) is 4.68 Å². The fraction of sp³-hybridized carbons (Fsp3) is 0.625. The summed E-state index contributed by atoms with van der Waals surface area (Å²) in [5.41, 5.74) is -1.20. The lowest BCUT2D eigenvalue weighted by molar-refractivity contribution is -0.142. The van der Waals surface area contributed by atoms with Crippen LogP contribution in [0.1, 0.15) is 18.2 Å². The van der Waals surface area contributed by atoms with Gasteiger partial charge in [-0.3, -0.25) is 4.68 Å². The van der Waals surface area contributed by atoms with Gasteiger partial charge in [-0.05, 0) is 6.92 Å². The first kappa shape index (κ1) is 12.3. The van der Waals surface area contributed by atoms with Crippen molar-refractivity contribution >= 4 is 11.6 Å². The van der Waals surface area contributed by atoms with Gasteiger partial charge in [0.05, 0.1) is 6.10 Å². The highest BCUT2D eigenvalue weighted by Gasteiger charge is 2.38. The van der Waals surface area contributed by atoms with E-state index in [4.69, 9.17) is 16.7 Å². The third-order valence-corrected chi connectivity index (χ3v) is 2.31. The van der Waals surface area contributed by atoms with Gasteiger partial charge in [0, 0.05) is 19.0 Å². The molecule has 0 spiro atoms. The molecular formula is C8H10ClF3N2O. The van der Waals surface area contributed by atoms with E-state index >= 15 is 0 Å². The van der Waals surface area contributed by atoms with Gasteiger partial charge in [-0.2, -0.15) is 18.3 Å². The van der Waals surface area contributed by atoms with Crippen LogP contribution in [0.25, 0.3) is 0 Å². The fourth-order valence-electron chi connectivity index (χ4n) is 1.25. The van der Waals surface area contributed by atoms with Crippen LogP contribution in [0, 0.1) is 0 Å². The number of nitrogens with zero attached hydrogens (tertiary/aromatic N) is 2. The van der Waals surface area contributed by atoms with Crippen LogP contribution in [-0.4, -0.2) is 21.0 Å². The van der Waals surface area contributed by atoms with Gasteiger partial charge in [-0.15, -0.1) is 0 Å². The van der Waals surface area contributed by atoms with Gasteiger partial charge >= 0.3 is 6.18 Å². The Kier molecular flexibility index (Phi) is 3.30. The molecule has 0 aliphatic heterocycles. The second kappa shape index (κ2) is 4.02. The van der Waals surface area contributed by atoms with Gasteiger partial charge in [0.2, 0.25) is 0 Å². The number of hydrogen-bond acceptors (Lipinski definition) is 2. The van der Waals surface area contributed by atoms with E-state index in [-0.39, 0.29) is 17.1 Å². The Morgan fingerprint density at radius 1 is 1.53 bits per heavy atom. The van der Waals surface area contributed by atoms with Crippen molar-refractivity contribution in [2.45, 2.75) is 25.6 Å². The summed E-state index contributed by atoms with van der Waals surface area (Å²) in [7, 11) is 1.32. The maximum absolute atomic E-state index is 12.5. The number of rotatable bonds is 2. The molecule has 1 rings (SSSR count). The molecule has 0 aliphatic rings. The van der Waals surface area contributed by atoms with E-state index in [9.17, 15) is 13.2 Å². The van der Waals surface area contributed by atoms with Crippen molar-refractivity contribution in [1.82, 2.24) is 9.78 Å². The zero-order valence-electron chi connectivity index (χ0n) is 8.14. The molecule has 0 fully saturated rings. The summed E-state index contributed by atoms with van der Waals surface area (Å²) >= 11 is 5.65. The molecule has 1 aromatic heterocycles. The first-order valence-corrected chi connectivity index (χ1v) is 4.58. The molecule has 7 heteroatoms. The topological polar surface area (TPSA) is 38.1 Å². The lowest BCUT2D eigenvalue weighted by Crippen LogP contribution is -2.13. The van der Waals surface area contributed by atoms with Gasteiger partial charge in [-0.1, -0.05) is 11.6 Å². The predicted octanol–water partition coefficient (Wildman–Crippen LogP) is 2.02. The third kappa shape index (κ3) is 2.63. The summed E-state index contributed by atoms with van der Waals surface area (Å²) in [6.07, 6.45) is -5.61. The minimum atomic E-state index is -4.55. The highest BCUT2D eigenvalue weighted by Crippen LogP contribution is 2.34. The number of aliphatic hydroxyl groups is 1. The van der Waals surface area contributed by atoms with Crippen LogP contribution in [0.5, 0.6) is 0 Å². The Labute approximate surface area is 89.5 Å². The predicted molar refractivity (Wildman–Crippen MR) is 48.6 cm³/mol. The van der Waals surface area contributed by atoms with Crippen LogP contribution in [0.3, 0.4) is 0 Å². The number of aromatic nitrogens is 2. The number of aryl methyl sites for hydroxylation is 1. The molecule has 0 saturated heterocycles. The lowest BCUT2D eigenvalue weighted by Gasteiger charge is -2.07. The Morgan fingerprint density at radius 3 is 2.47 bits per heavy atom. The maximum Gasteiger partial charge on any atom is 0.435 e. The van der Waals surface area contributed by atoms with Gasteiger partial charge in [0.25, 0.3) is 0 Å². The van der Waals surface area contributed by atoms with Crippen molar-refractivity contribution in [3.63, 3.8) is 0 Å². The molecule has 0 amide bonds. The molecule has 0 bridgehead atoms. The van der Waals surface area contributed by atoms with E-state index in [1.54, 1.807) is 0 Å². The molecule has 0 radical (unpaired) electrons. The molecule has 0 aliphatic carbocycles. The highest BCUT2D eigenvalue weighted by molar-refractivity contribution is 6.30. The second-order valence-corrected chi connectivity index (χ2v) is 3.65. The monoisotopic (exact) mass is 242 g/mol. The zero-order chi connectivity index (χ0) is 11.8. The van der Waals surface area contributed by atoms with Crippen LogP contribution in [-0.2, 0) is 19.6 Å². The number of hydrogen-bond donors (Lipinski definition) is 1. The summed E-state index contributed by atoms with van der Waals surface area (Å²) in [6.45, 7) is 1.39. The number of alkyl halides is 3.